The van der Waals surface area contributed by atoms with Crippen LogP contribution in [0.5, 0.6) is 0 Å². The molecular formula is C18H20N6O. The van der Waals surface area contributed by atoms with Gasteiger partial charge in [0, 0.05) is 23.4 Å². The van der Waals surface area contributed by atoms with E-state index in [-0.39, 0.29) is 11.8 Å². The first-order valence-electron chi connectivity index (χ1n) is 8.55. The van der Waals surface area contributed by atoms with Gasteiger partial charge in [0.05, 0.1) is 24.4 Å². The van der Waals surface area contributed by atoms with Crippen LogP contribution in [0, 0.1) is 5.92 Å². The number of aryl methyl sites for hydroxylation is 1. The number of hydrogen-bond acceptors (Lipinski definition) is 4. The minimum atomic E-state index is -0.0333. The molecule has 1 aliphatic rings. The van der Waals surface area contributed by atoms with Crippen molar-refractivity contribution < 1.29 is 4.79 Å². The number of fused-ring (bicyclic) bond motifs is 4. The Bertz CT molecular complexity index is 883. The summed E-state index contributed by atoms with van der Waals surface area (Å²) < 4.78 is 1.70. The summed E-state index contributed by atoms with van der Waals surface area (Å²) in [5, 5.41) is 7.70. The highest BCUT2D eigenvalue weighted by molar-refractivity contribution is 5.95. The number of amides is 1. The van der Waals surface area contributed by atoms with E-state index in [1.807, 2.05) is 19.2 Å². The van der Waals surface area contributed by atoms with Crippen LogP contribution in [-0.4, -0.2) is 30.6 Å². The standard InChI is InChI=1S/C18H20N6O/c1-12-4-2-3-5-14-8-13(6-7-20-14)17-15(22-18(12)25)10-24(23-17)16-9-19-11-21-16/h6-12H,2-5H2,1H3,(H,19,21)(H,22,25). The number of carbonyl (C=O) groups excluding carboxylic acids is 1. The highest BCUT2D eigenvalue weighted by atomic mass is 16.1. The van der Waals surface area contributed by atoms with Crippen molar-refractivity contribution in [2.24, 2.45) is 5.92 Å². The van der Waals surface area contributed by atoms with Gasteiger partial charge < -0.3 is 10.3 Å². The summed E-state index contributed by atoms with van der Waals surface area (Å²) in [5.74, 6) is 0.739. The van der Waals surface area contributed by atoms with Crippen molar-refractivity contribution in [2.75, 3.05) is 5.32 Å². The zero-order valence-electron chi connectivity index (χ0n) is 14.1. The van der Waals surface area contributed by atoms with E-state index in [0.717, 1.165) is 48.5 Å². The van der Waals surface area contributed by atoms with Crippen LogP contribution in [-0.2, 0) is 11.2 Å². The number of rotatable bonds is 1. The van der Waals surface area contributed by atoms with Crippen molar-refractivity contribution in [1.29, 1.82) is 0 Å². The summed E-state index contributed by atoms with van der Waals surface area (Å²) in [6.45, 7) is 1.97. The fourth-order valence-electron chi connectivity index (χ4n) is 3.08. The molecule has 2 N–H and O–H groups in total. The summed E-state index contributed by atoms with van der Waals surface area (Å²) in [5.41, 5.74) is 3.44. The van der Waals surface area contributed by atoms with Gasteiger partial charge in [0.1, 0.15) is 5.69 Å². The van der Waals surface area contributed by atoms with E-state index in [0.29, 0.717) is 5.69 Å². The molecule has 4 rings (SSSR count). The third-order valence-corrected chi connectivity index (χ3v) is 4.56. The predicted octanol–water partition coefficient (Wildman–Crippen LogP) is 2.96. The number of H-pyrrole nitrogens is 1. The van der Waals surface area contributed by atoms with E-state index in [9.17, 15) is 4.79 Å². The Balaban J connectivity index is 1.82. The van der Waals surface area contributed by atoms with Gasteiger partial charge in [0.25, 0.3) is 0 Å². The van der Waals surface area contributed by atoms with E-state index < -0.39 is 0 Å². The van der Waals surface area contributed by atoms with Crippen LogP contribution >= 0.6 is 0 Å². The van der Waals surface area contributed by atoms with Crippen molar-refractivity contribution in [3.05, 3.63) is 42.7 Å². The number of nitrogens with zero attached hydrogens (tertiary/aromatic N) is 4. The molecule has 1 aliphatic heterocycles. The molecule has 1 amide bonds. The summed E-state index contributed by atoms with van der Waals surface area (Å²) >= 11 is 0. The third kappa shape index (κ3) is 3.17. The highest BCUT2D eigenvalue weighted by Gasteiger charge is 2.19. The SMILES string of the molecule is CC1CCCCc2cc(ccn2)-c2nn(-c3cnc[nH]3)cc2NC1=O. The normalized spacial score (nSPS) is 18.0. The Labute approximate surface area is 145 Å². The molecule has 0 saturated heterocycles. The molecule has 0 aliphatic carbocycles. The zero-order valence-corrected chi connectivity index (χ0v) is 14.1. The summed E-state index contributed by atoms with van der Waals surface area (Å²) in [4.78, 5) is 24.1. The van der Waals surface area contributed by atoms with Gasteiger partial charge in [-0.1, -0.05) is 13.3 Å². The highest BCUT2D eigenvalue weighted by Crippen LogP contribution is 2.29. The molecule has 2 bridgehead atoms. The molecule has 7 nitrogen and oxygen atoms in total. The topological polar surface area (TPSA) is 88.5 Å². The van der Waals surface area contributed by atoms with Crippen molar-refractivity contribution in [3.8, 4) is 17.1 Å². The average Bonchev–Trinajstić information content (AvgIpc) is 3.27. The van der Waals surface area contributed by atoms with E-state index in [1.165, 1.54) is 0 Å². The van der Waals surface area contributed by atoms with Gasteiger partial charge >= 0.3 is 0 Å². The average molecular weight is 336 g/mol. The largest absolute Gasteiger partial charge is 0.330 e. The molecule has 4 heterocycles. The first kappa shape index (κ1) is 15.6. The van der Waals surface area contributed by atoms with Crippen molar-refractivity contribution in [3.63, 3.8) is 0 Å². The molecule has 1 unspecified atom stereocenters. The molecule has 0 aromatic carbocycles. The second kappa shape index (κ2) is 6.51. The van der Waals surface area contributed by atoms with Crippen LogP contribution in [0.15, 0.2) is 37.1 Å². The maximum absolute atomic E-state index is 12.5. The summed E-state index contributed by atoms with van der Waals surface area (Å²) in [6.07, 6.45) is 10.7. The predicted molar refractivity (Wildman–Crippen MR) is 94.3 cm³/mol. The number of aromatic nitrogens is 5. The van der Waals surface area contributed by atoms with E-state index >= 15 is 0 Å². The van der Waals surface area contributed by atoms with Crippen molar-refractivity contribution >= 4 is 11.6 Å². The lowest BCUT2D eigenvalue weighted by molar-refractivity contribution is -0.119. The van der Waals surface area contributed by atoms with Crippen molar-refractivity contribution in [1.82, 2.24) is 24.7 Å². The third-order valence-electron chi connectivity index (χ3n) is 4.56. The minimum Gasteiger partial charge on any atom is -0.330 e. The molecule has 128 valence electrons. The Kier molecular flexibility index (Phi) is 4.05. The van der Waals surface area contributed by atoms with Crippen LogP contribution in [0.1, 0.15) is 31.9 Å². The molecule has 0 saturated carbocycles. The Morgan fingerprint density at radius 3 is 3.08 bits per heavy atom. The van der Waals surface area contributed by atoms with Crippen LogP contribution in [0.3, 0.4) is 0 Å². The van der Waals surface area contributed by atoms with Gasteiger partial charge in [-0.05, 0) is 31.4 Å². The second-order valence-corrected chi connectivity index (χ2v) is 6.44. The molecule has 0 radical (unpaired) electrons. The van der Waals surface area contributed by atoms with Gasteiger partial charge in [0.15, 0.2) is 5.82 Å². The quantitative estimate of drug-likeness (QED) is 0.715. The summed E-state index contributed by atoms with van der Waals surface area (Å²) in [6, 6.07) is 3.98. The maximum atomic E-state index is 12.5. The number of aromatic amines is 1. The Hall–Kier alpha value is -2.96. The van der Waals surface area contributed by atoms with E-state index in [1.54, 1.807) is 23.4 Å². The smallest absolute Gasteiger partial charge is 0.227 e. The molecular weight excluding hydrogens is 316 g/mol. The van der Waals surface area contributed by atoms with Gasteiger partial charge in [-0.15, -0.1) is 0 Å². The monoisotopic (exact) mass is 336 g/mol. The van der Waals surface area contributed by atoms with Crippen LogP contribution < -0.4 is 5.32 Å². The number of pyridine rings is 1. The van der Waals surface area contributed by atoms with Crippen molar-refractivity contribution in [2.45, 2.75) is 32.6 Å². The molecule has 25 heavy (non-hydrogen) atoms. The second-order valence-electron chi connectivity index (χ2n) is 6.44. The Morgan fingerprint density at radius 2 is 2.24 bits per heavy atom. The maximum Gasteiger partial charge on any atom is 0.227 e. The van der Waals surface area contributed by atoms with E-state index in [4.69, 9.17) is 0 Å². The van der Waals surface area contributed by atoms with Gasteiger partial charge in [-0.25, -0.2) is 9.67 Å². The Morgan fingerprint density at radius 1 is 1.32 bits per heavy atom. The van der Waals surface area contributed by atoms with Crippen LogP contribution in [0.25, 0.3) is 17.1 Å². The van der Waals surface area contributed by atoms with Gasteiger partial charge in [-0.3, -0.25) is 9.78 Å². The van der Waals surface area contributed by atoms with Gasteiger partial charge in [0.2, 0.25) is 5.91 Å². The fraction of sp³-hybridized carbons (Fsp3) is 0.333. The number of imidazole rings is 1. The molecule has 3 aromatic rings. The van der Waals surface area contributed by atoms with Crippen LogP contribution in [0.4, 0.5) is 5.69 Å². The number of carbonyl (C=O) groups is 1. The zero-order chi connectivity index (χ0) is 17.2. The van der Waals surface area contributed by atoms with E-state index in [2.05, 4.69) is 31.4 Å². The number of hydrogen-bond donors (Lipinski definition) is 2. The molecule has 3 aromatic heterocycles. The number of anilines is 1. The molecule has 1 atom stereocenters. The molecule has 0 spiro atoms. The summed E-state index contributed by atoms with van der Waals surface area (Å²) in [7, 11) is 0. The molecule has 0 fully saturated rings. The van der Waals surface area contributed by atoms with Crippen LogP contribution in [0.2, 0.25) is 0 Å². The fourth-order valence-corrected chi connectivity index (χ4v) is 3.08. The first-order valence-corrected chi connectivity index (χ1v) is 8.55. The minimum absolute atomic E-state index is 0.0280. The lowest BCUT2D eigenvalue weighted by atomic mass is 10.00. The van der Waals surface area contributed by atoms with Gasteiger partial charge in [-0.2, -0.15) is 5.10 Å². The lowest BCUT2D eigenvalue weighted by Crippen LogP contribution is -2.20. The molecule has 7 heteroatoms. The first-order chi connectivity index (χ1) is 12.2. The lowest BCUT2D eigenvalue weighted by Gasteiger charge is -2.13. The number of nitrogens with one attached hydrogen (secondary N) is 2.